The summed E-state index contributed by atoms with van der Waals surface area (Å²) < 4.78 is 5.02. The molecule has 1 unspecified atom stereocenters. The van der Waals surface area contributed by atoms with Gasteiger partial charge in [-0.15, -0.1) is 0 Å². The molecule has 0 rings (SSSR count). The van der Waals surface area contributed by atoms with Gasteiger partial charge in [0.1, 0.15) is 12.6 Å². The standard InChI is InChI=1S/C9H17NO4/c1-4-7(9(12)13)10-8(11)5-14-6(2)3/h6-7H,4-5H2,1-3H3,(H,10,11)(H,12,13). The fourth-order valence-electron chi connectivity index (χ4n) is 0.817. The van der Waals surface area contributed by atoms with Gasteiger partial charge in [0.25, 0.3) is 0 Å². The molecule has 0 saturated heterocycles. The van der Waals surface area contributed by atoms with Crippen LogP contribution in [0.25, 0.3) is 0 Å². The Balaban J connectivity index is 3.85. The molecule has 0 bridgehead atoms. The molecule has 1 amide bonds. The molecule has 14 heavy (non-hydrogen) atoms. The molecule has 0 aliphatic rings. The van der Waals surface area contributed by atoms with Crippen molar-refractivity contribution in [2.75, 3.05) is 6.61 Å². The fourth-order valence-corrected chi connectivity index (χ4v) is 0.817. The molecule has 0 radical (unpaired) electrons. The van der Waals surface area contributed by atoms with Crippen LogP contribution in [0, 0.1) is 0 Å². The average molecular weight is 203 g/mol. The Morgan fingerprint density at radius 3 is 2.36 bits per heavy atom. The zero-order valence-corrected chi connectivity index (χ0v) is 8.74. The number of carbonyl (C=O) groups excluding carboxylic acids is 1. The Kier molecular flexibility index (Phi) is 5.87. The first-order valence-corrected chi connectivity index (χ1v) is 4.61. The topological polar surface area (TPSA) is 75.6 Å². The van der Waals surface area contributed by atoms with Gasteiger partial charge in [-0.25, -0.2) is 4.79 Å². The van der Waals surface area contributed by atoms with Crippen molar-refractivity contribution in [3.8, 4) is 0 Å². The second kappa shape index (κ2) is 6.37. The number of nitrogens with one attached hydrogen (secondary N) is 1. The van der Waals surface area contributed by atoms with Crippen LogP contribution in [0.4, 0.5) is 0 Å². The minimum Gasteiger partial charge on any atom is -0.480 e. The predicted octanol–water partition coefficient (Wildman–Crippen LogP) is 0.391. The monoisotopic (exact) mass is 203 g/mol. The van der Waals surface area contributed by atoms with E-state index in [1.165, 1.54) is 0 Å². The molecule has 0 aliphatic heterocycles. The number of rotatable bonds is 6. The van der Waals surface area contributed by atoms with Crippen molar-refractivity contribution in [2.45, 2.75) is 39.3 Å². The van der Waals surface area contributed by atoms with Crippen LogP contribution < -0.4 is 5.32 Å². The summed E-state index contributed by atoms with van der Waals surface area (Å²) in [6.45, 7) is 5.22. The van der Waals surface area contributed by atoms with E-state index in [4.69, 9.17) is 9.84 Å². The lowest BCUT2D eigenvalue weighted by Crippen LogP contribution is -2.42. The predicted molar refractivity (Wildman–Crippen MR) is 50.9 cm³/mol. The van der Waals surface area contributed by atoms with Crippen LogP contribution in [0.15, 0.2) is 0 Å². The first kappa shape index (κ1) is 12.9. The van der Waals surface area contributed by atoms with Crippen molar-refractivity contribution in [3.63, 3.8) is 0 Å². The Labute approximate surface area is 83.4 Å². The van der Waals surface area contributed by atoms with Gasteiger partial charge >= 0.3 is 5.97 Å². The lowest BCUT2D eigenvalue weighted by molar-refractivity contribution is -0.142. The van der Waals surface area contributed by atoms with Crippen LogP contribution in [-0.2, 0) is 14.3 Å². The van der Waals surface area contributed by atoms with E-state index in [1.807, 2.05) is 13.8 Å². The Hall–Kier alpha value is -1.10. The van der Waals surface area contributed by atoms with Crippen LogP contribution in [0.3, 0.4) is 0 Å². The molecule has 0 fully saturated rings. The zero-order valence-electron chi connectivity index (χ0n) is 8.74. The van der Waals surface area contributed by atoms with Crippen molar-refractivity contribution >= 4 is 11.9 Å². The molecule has 1 atom stereocenters. The molecule has 5 heteroatoms. The van der Waals surface area contributed by atoms with Gasteiger partial charge < -0.3 is 15.2 Å². The molecule has 5 nitrogen and oxygen atoms in total. The molecule has 0 saturated carbocycles. The van der Waals surface area contributed by atoms with Gasteiger partial charge in [-0.1, -0.05) is 6.92 Å². The minimum atomic E-state index is -1.02. The van der Waals surface area contributed by atoms with Gasteiger partial charge in [-0.05, 0) is 20.3 Å². The summed E-state index contributed by atoms with van der Waals surface area (Å²) in [4.78, 5) is 21.7. The van der Waals surface area contributed by atoms with Crippen LogP contribution >= 0.6 is 0 Å². The van der Waals surface area contributed by atoms with Gasteiger partial charge in [0.2, 0.25) is 5.91 Å². The molecule has 0 spiro atoms. The normalized spacial score (nSPS) is 12.6. The molecule has 0 aliphatic carbocycles. The van der Waals surface area contributed by atoms with E-state index in [0.717, 1.165) is 0 Å². The van der Waals surface area contributed by atoms with Crippen molar-refractivity contribution in [3.05, 3.63) is 0 Å². The summed E-state index contributed by atoms with van der Waals surface area (Å²) in [6.07, 6.45) is 0.327. The summed E-state index contributed by atoms with van der Waals surface area (Å²) in [7, 11) is 0. The number of carboxylic acid groups (broad SMARTS) is 1. The van der Waals surface area contributed by atoms with Crippen LogP contribution in [0.5, 0.6) is 0 Å². The maximum Gasteiger partial charge on any atom is 0.326 e. The fraction of sp³-hybridized carbons (Fsp3) is 0.778. The number of hydrogen-bond acceptors (Lipinski definition) is 3. The summed E-state index contributed by atoms with van der Waals surface area (Å²) in [5.74, 6) is -1.42. The maximum absolute atomic E-state index is 11.1. The van der Waals surface area contributed by atoms with Gasteiger partial charge in [-0.2, -0.15) is 0 Å². The van der Waals surface area contributed by atoms with E-state index in [1.54, 1.807) is 6.92 Å². The van der Waals surface area contributed by atoms with Crippen LogP contribution in [0.2, 0.25) is 0 Å². The van der Waals surface area contributed by atoms with Crippen molar-refractivity contribution in [1.29, 1.82) is 0 Å². The Bertz CT molecular complexity index is 203. The highest BCUT2D eigenvalue weighted by Crippen LogP contribution is 1.92. The van der Waals surface area contributed by atoms with Crippen molar-refractivity contribution < 1.29 is 19.4 Å². The number of aliphatic carboxylic acids is 1. The van der Waals surface area contributed by atoms with Gasteiger partial charge in [0.15, 0.2) is 0 Å². The zero-order chi connectivity index (χ0) is 11.1. The molecular formula is C9H17NO4. The summed E-state index contributed by atoms with van der Waals surface area (Å²) in [6, 6.07) is -0.821. The third-order valence-corrected chi connectivity index (χ3v) is 1.59. The highest BCUT2D eigenvalue weighted by molar-refractivity contribution is 5.84. The first-order chi connectivity index (χ1) is 6.47. The van der Waals surface area contributed by atoms with Gasteiger partial charge in [0.05, 0.1) is 6.10 Å². The molecule has 82 valence electrons. The molecular weight excluding hydrogens is 186 g/mol. The van der Waals surface area contributed by atoms with Crippen LogP contribution in [-0.4, -0.2) is 35.7 Å². The summed E-state index contributed by atoms with van der Waals surface area (Å²) in [5, 5.41) is 11.0. The Morgan fingerprint density at radius 1 is 1.43 bits per heavy atom. The highest BCUT2D eigenvalue weighted by Gasteiger charge is 2.17. The van der Waals surface area contributed by atoms with E-state index >= 15 is 0 Å². The molecule has 0 heterocycles. The largest absolute Gasteiger partial charge is 0.480 e. The average Bonchev–Trinajstić information content (AvgIpc) is 2.10. The molecule has 2 N–H and O–H groups in total. The number of hydrogen-bond donors (Lipinski definition) is 2. The summed E-state index contributed by atoms with van der Waals surface area (Å²) >= 11 is 0. The molecule has 0 aromatic heterocycles. The lowest BCUT2D eigenvalue weighted by Gasteiger charge is -2.13. The van der Waals surface area contributed by atoms with Crippen molar-refractivity contribution in [1.82, 2.24) is 5.32 Å². The number of carboxylic acids is 1. The SMILES string of the molecule is CCC(NC(=O)COC(C)C)C(=O)O. The third-order valence-electron chi connectivity index (χ3n) is 1.59. The Morgan fingerprint density at radius 2 is 2.00 bits per heavy atom. The van der Waals surface area contributed by atoms with E-state index in [0.29, 0.717) is 6.42 Å². The third kappa shape index (κ3) is 5.53. The number of amides is 1. The first-order valence-electron chi connectivity index (χ1n) is 4.61. The molecule has 0 aromatic carbocycles. The smallest absolute Gasteiger partial charge is 0.326 e. The highest BCUT2D eigenvalue weighted by atomic mass is 16.5. The minimum absolute atomic E-state index is 0.0364. The van der Waals surface area contributed by atoms with Crippen molar-refractivity contribution in [2.24, 2.45) is 0 Å². The van der Waals surface area contributed by atoms with E-state index < -0.39 is 17.9 Å². The second-order valence-corrected chi connectivity index (χ2v) is 3.23. The molecule has 0 aromatic rings. The van der Waals surface area contributed by atoms with Gasteiger partial charge in [-0.3, -0.25) is 4.79 Å². The lowest BCUT2D eigenvalue weighted by atomic mass is 10.2. The maximum atomic E-state index is 11.1. The van der Waals surface area contributed by atoms with Gasteiger partial charge in [0, 0.05) is 0 Å². The van der Waals surface area contributed by atoms with E-state index in [9.17, 15) is 9.59 Å². The number of ether oxygens (including phenoxy) is 1. The second-order valence-electron chi connectivity index (χ2n) is 3.23. The van der Waals surface area contributed by atoms with E-state index in [-0.39, 0.29) is 12.7 Å². The van der Waals surface area contributed by atoms with E-state index in [2.05, 4.69) is 5.32 Å². The van der Waals surface area contributed by atoms with Crippen LogP contribution in [0.1, 0.15) is 27.2 Å². The quantitative estimate of drug-likeness (QED) is 0.654. The summed E-state index contributed by atoms with van der Waals surface area (Å²) in [5.41, 5.74) is 0. The number of carbonyl (C=O) groups is 2.